The van der Waals surface area contributed by atoms with Crippen LogP contribution in [0.15, 0.2) is 30.5 Å². The standard InChI is InChI=1S/C25H28N2O2/c1-25(2,29)23(18-11-12-18)27-15-19-6-3-5-17(22(19)24(27)28)10-9-16-13-14-26-21-8-4-7-20(16)21/h3,5-6,9-10,13-14,18,23,29H,4,7-8,11-12,15H2,1-2H3/b10-9+/t23-/m1/s1. The molecule has 4 heteroatoms. The van der Waals surface area contributed by atoms with E-state index in [2.05, 4.69) is 23.2 Å². The summed E-state index contributed by atoms with van der Waals surface area (Å²) in [6.45, 7) is 4.25. The Kier molecular flexibility index (Phi) is 4.36. The highest BCUT2D eigenvalue weighted by molar-refractivity contribution is 6.02. The van der Waals surface area contributed by atoms with Crippen molar-refractivity contribution in [3.63, 3.8) is 0 Å². The summed E-state index contributed by atoms with van der Waals surface area (Å²) in [5.41, 5.74) is 5.69. The molecule has 0 saturated heterocycles. The number of rotatable bonds is 5. The van der Waals surface area contributed by atoms with E-state index < -0.39 is 5.60 Å². The van der Waals surface area contributed by atoms with Gasteiger partial charge in [0.05, 0.1) is 17.2 Å². The third-order valence-electron chi connectivity index (χ3n) is 6.59. The van der Waals surface area contributed by atoms with Crippen molar-refractivity contribution in [2.45, 2.75) is 64.1 Å². The normalized spacial score (nSPS) is 19.7. The van der Waals surface area contributed by atoms with E-state index in [1.54, 1.807) is 0 Å². The maximum atomic E-state index is 13.4. The molecule has 1 atom stereocenters. The fourth-order valence-electron chi connectivity index (χ4n) is 5.22. The molecule has 0 bridgehead atoms. The van der Waals surface area contributed by atoms with Crippen LogP contribution < -0.4 is 0 Å². The Balaban J connectivity index is 1.47. The van der Waals surface area contributed by atoms with Gasteiger partial charge >= 0.3 is 0 Å². The average molecular weight is 389 g/mol. The Morgan fingerprint density at radius 3 is 2.72 bits per heavy atom. The van der Waals surface area contributed by atoms with Crippen LogP contribution in [0.1, 0.15) is 71.4 Å². The molecule has 1 N–H and O–H groups in total. The van der Waals surface area contributed by atoms with E-state index in [9.17, 15) is 9.90 Å². The van der Waals surface area contributed by atoms with Crippen molar-refractivity contribution >= 4 is 18.1 Å². The number of carbonyl (C=O) groups is 1. The van der Waals surface area contributed by atoms with Crippen LogP contribution in [-0.4, -0.2) is 32.5 Å². The molecule has 1 aromatic carbocycles. The van der Waals surface area contributed by atoms with Crippen LogP contribution in [0.4, 0.5) is 0 Å². The Bertz CT molecular complexity index is 998. The zero-order chi connectivity index (χ0) is 20.2. The summed E-state index contributed by atoms with van der Waals surface area (Å²) >= 11 is 0. The smallest absolute Gasteiger partial charge is 0.255 e. The van der Waals surface area contributed by atoms with Crippen molar-refractivity contribution in [2.24, 2.45) is 5.92 Å². The lowest BCUT2D eigenvalue weighted by Crippen LogP contribution is -2.51. The summed E-state index contributed by atoms with van der Waals surface area (Å²) in [4.78, 5) is 19.8. The van der Waals surface area contributed by atoms with Gasteiger partial charge in [0.1, 0.15) is 0 Å². The monoisotopic (exact) mass is 388 g/mol. The molecular weight excluding hydrogens is 360 g/mol. The van der Waals surface area contributed by atoms with Gasteiger partial charge in [-0.15, -0.1) is 0 Å². The van der Waals surface area contributed by atoms with Crippen molar-refractivity contribution in [1.29, 1.82) is 0 Å². The van der Waals surface area contributed by atoms with E-state index in [-0.39, 0.29) is 11.9 Å². The maximum absolute atomic E-state index is 13.4. The van der Waals surface area contributed by atoms with Crippen molar-refractivity contribution in [2.75, 3.05) is 0 Å². The lowest BCUT2D eigenvalue weighted by atomic mass is 9.93. The molecule has 29 heavy (non-hydrogen) atoms. The molecule has 5 rings (SSSR count). The average Bonchev–Trinajstić information content (AvgIpc) is 3.27. The first-order chi connectivity index (χ1) is 13.9. The number of fused-ring (bicyclic) bond motifs is 2. The number of carbonyl (C=O) groups excluding carboxylic acids is 1. The van der Waals surface area contributed by atoms with Gasteiger partial charge in [0.15, 0.2) is 0 Å². The highest BCUT2D eigenvalue weighted by atomic mass is 16.3. The summed E-state index contributed by atoms with van der Waals surface area (Å²) < 4.78 is 0. The minimum absolute atomic E-state index is 0.0548. The Hall–Kier alpha value is -2.46. The number of amides is 1. The van der Waals surface area contributed by atoms with E-state index in [4.69, 9.17) is 0 Å². The molecule has 3 aliphatic rings. The molecule has 2 aliphatic carbocycles. The van der Waals surface area contributed by atoms with Crippen LogP contribution in [-0.2, 0) is 19.4 Å². The quantitative estimate of drug-likeness (QED) is 0.833. The van der Waals surface area contributed by atoms with Crippen molar-refractivity contribution in [3.8, 4) is 0 Å². The summed E-state index contributed by atoms with van der Waals surface area (Å²) in [5.74, 6) is 0.464. The highest BCUT2D eigenvalue weighted by Gasteiger charge is 2.48. The first-order valence-electron chi connectivity index (χ1n) is 10.7. The Morgan fingerprint density at radius 2 is 1.97 bits per heavy atom. The van der Waals surface area contributed by atoms with E-state index in [0.29, 0.717) is 12.5 Å². The molecule has 0 unspecified atom stereocenters. The van der Waals surface area contributed by atoms with Crippen molar-refractivity contribution < 1.29 is 9.90 Å². The van der Waals surface area contributed by atoms with Gasteiger partial charge in [0.25, 0.3) is 5.91 Å². The van der Waals surface area contributed by atoms with Crippen molar-refractivity contribution in [1.82, 2.24) is 9.88 Å². The van der Waals surface area contributed by atoms with Crippen LogP contribution in [0.3, 0.4) is 0 Å². The second kappa shape index (κ2) is 6.81. The number of hydrogen-bond donors (Lipinski definition) is 1. The van der Waals surface area contributed by atoms with Gasteiger partial charge in [-0.3, -0.25) is 9.78 Å². The second-order valence-electron chi connectivity index (χ2n) is 9.26. The SMILES string of the molecule is CC(C)(O)[C@@H](C1CC1)N1Cc2cccc(/C=C/c3ccnc4c3CCC4)c2C1=O. The van der Waals surface area contributed by atoms with E-state index in [0.717, 1.165) is 42.4 Å². The zero-order valence-corrected chi connectivity index (χ0v) is 17.2. The van der Waals surface area contributed by atoms with Crippen LogP contribution in [0.2, 0.25) is 0 Å². The van der Waals surface area contributed by atoms with Crippen LogP contribution in [0.5, 0.6) is 0 Å². The minimum atomic E-state index is -0.896. The third-order valence-corrected chi connectivity index (χ3v) is 6.59. The van der Waals surface area contributed by atoms with Gasteiger partial charge in [-0.1, -0.05) is 30.4 Å². The first kappa shape index (κ1) is 18.6. The van der Waals surface area contributed by atoms with E-state index >= 15 is 0 Å². The summed E-state index contributed by atoms with van der Waals surface area (Å²) in [5, 5.41) is 10.7. The van der Waals surface area contributed by atoms with Gasteiger partial charge < -0.3 is 10.0 Å². The van der Waals surface area contributed by atoms with Gasteiger partial charge in [-0.25, -0.2) is 0 Å². The summed E-state index contributed by atoms with van der Waals surface area (Å²) in [6.07, 6.45) is 11.6. The minimum Gasteiger partial charge on any atom is -0.388 e. The highest BCUT2D eigenvalue weighted by Crippen LogP contribution is 2.43. The predicted octanol–water partition coefficient (Wildman–Crippen LogP) is 4.25. The van der Waals surface area contributed by atoms with E-state index in [1.807, 2.05) is 43.1 Å². The van der Waals surface area contributed by atoms with Crippen LogP contribution >= 0.6 is 0 Å². The molecule has 4 nitrogen and oxygen atoms in total. The third kappa shape index (κ3) is 3.29. The Morgan fingerprint density at radius 1 is 1.17 bits per heavy atom. The lowest BCUT2D eigenvalue weighted by molar-refractivity contribution is -0.0224. The Labute approximate surface area is 172 Å². The molecule has 1 fully saturated rings. The number of benzene rings is 1. The molecule has 1 saturated carbocycles. The number of nitrogens with zero attached hydrogens (tertiary/aromatic N) is 2. The summed E-state index contributed by atoms with van der Waals surface area (Å²) in [6, 6.07) is 8.04. The summed E-state index contributed by atoms with van der Waals surface area (Å²) in [7, 11) is 0. The molecule has 0 spiro atoms. The zero-order valence-electron chi connectivity index (χ0n) is 17.2. The van der Waals surface area contributed by atoms with Gasteiger partial charge in [-0.05, 0) is 80.2 Å². The number of aromatic nitrogens is 1. The molecule has 1 aliphatic heterocycles. The van der Waals surface area contributed by atoms with Gasteiger partial charge in [-0.2, -0.15) is 0 Å². The molecular formula is C25H28N2O2. The number of aryl methyl sites for hydroxylation is 1. The first-order valence-corrected chi connectivity index (χ1v) is 10.7. The van der Waals surface area contributed by atoms with Crippen LogP contribution in [0.25, 0.3) is 12.2 Å². The molecule has 0 radical (unpaired) electrons. The lowest BCUT2D eigenvalue weighted by Gasteiger charge is -2.37. The molecule has 150 valence electrons. The van der Waals surface area contributed by atoms with Crippen LogP contribution in [0, 0.1) is 5.92 Å². The topological polar surface area (TPSA) is 53.4 Å². The fraction of sp³-hybridized carbons (Fsp3) is 0.440. The molecule has 1 aromatic heterocycles. The van der Waals surface area contributed by atoms with Gasteiger partial charge in [0.2, 0.25) is 0 Å². The predicted molar refractivity (Wildman–Crippen MR) is 114 cm³/mol. The van der Waals surface area contributed by atoms with Crippen molar-refractivity contribution in [3.05, 3.63) is 64.0 Å². The number of hydrogen-bond acceptors (Lipinski definition) is 3. The number of aliphatic hydroxyl groups is 1. The largest absolute Gasteiger partial charge is 0.388 e. The second-order valence-corrected chi connectivity index (χ2v) is 9.26. The molecule has 2 heterocycles. The fourth-order valence-corrected chi connectivity index (χ4v) is 5.22. The van der Waals surface area contributed by atoms with Gasteiger partial charge in [0, 0.05) is 18.4 Å². The molecule has 2 aromatic rings. The molecule has 1 amide bonds. The number of pyridine rings is 1. The maximum Gasteiger partial charge on any atom is 0.255 e. The van der Waals surface area contributed by atoms with E-state index in [1.165, 1.54) is 23.2 Å².